The Morgan fingerprint density at radius 3 is 2.34 bits per heavy atom. The topological polar surface area (TPSA) is 58.6 Å². The molecule has 2 atom stereocenters. The van der Waals surface area contributed by atoms with Crippen LogP contribution in [0.3, 0.4) is 0 Å². The lowest BCUT2D eigenvalue weighted by Crippen LogP contribution is -2.50. The molecule has 0 saturated heterocycles. The summed E-state index contributed by atoms with van der Waals surface area (Å²) in [5.74, 6) is 0.697. The van der Waals surface area contributed by atoms with Crippen molar-refractivity contribution in [3.8, 4) is 5.75 Å². The smallest absolute Gasteiger partial charge is 0.243 e. The Hall–Kier alpha value is -2.82. The Morgan fingerprint density at radius 1 is 1.00 bits per heavy atom. The average molecular weight is 439 g/mol. The summed E-state index contributed by atoms with van der Waals surface area (Å²) < 4.78 is 5.78. The molecule has 0 aliphatic heterocycles. The van der Waals surface area contributed by atoms with Gasteiger partial charge >= 0.3 is 0 Å². The molecule has 174 valence electrons. The molecule has 0 bridgehead atoms. The molecular weight excluding hydrogens is 400 g/mol. The zero-order valence-electron chi connectivity index (χ0n) is 20.2. The predicted octanol–water partition coefficient (Wildman–Crippen LogP) is 5.18. The number of nitrogens with zero attached hydrogens (tertiary/aromatic N) is 1. The maximum absolute atomic E-state index is 13.2. The van der Waals surface area contributed by atoms with Crippen LogP contribution in [-0.4, -0.2) is 35.4 Å². The monoisotopic (exact) mass is 438 g/mol. The van der Waals surface area contributed by atoms with Crippen LogP contribution in [0.2, 0.25) is 0 Å². The summed E-state index contributed by atoms with van der Waals surface area (Å²) in [6.07, 6.45) is 2.36. The second-order valence-corrected chi connectivity index (χ2v) is 8.52. The van der Waals surface area contributed by atoms with E-state index in [9.17, 15) is 9.59 Å². The number of nitrogens with one attached hydrogen (secondary N) is 1. The molecule has 0 heterocycles. The standard InChI is InChI=1S/C27H38N2O3/c1-6-22(5)28-27(31)25(7-2)29(19-23-11-8-10-21(4)18-23)26(30)12-9-17-32-24-15-13-20(3)14-16-24/h8,10-11,13-16,18,22,25H,6-7,9,12,17,19H2,1-5H3,(H,28,31)/t22-,25-/m0/s1. The number of ether oxygens (including phenoxy) is 1. The summed E-state index contributed by atoms with van der Waals surface area (Å²) in [5, 5.41) is 3.05. The number of carbonyl (C=O) groups excluding carboxylic acids is 2. The molecule has 1 N–H and O–H groups in total. The van der Waals surface area contributed by atoms with Gasteiger partial charge in [0.1, 0.15) is 11.8 Å². The number of aryl methyl sites for hydroxylation is 2. The van der Waals surface area contributed by atoms with Gasteiger partial charge in [-0.05, 0) is 57.7 Å². The third kappa shape index (κ3) is 8.03. The van der Waals surface area contributed by atoms with Crippen molar-refractivity contribution in [1.82, 2.24) is 10.2 Å². The fraction of sp³-hybridized carbons (Fsp3) is 0.481. The Bertz CT molecular complexity index is 863. The van der Waals surface area contributed by atoms with Crippen molar-refractivity contribution in [2.45, 2.75) is 78.9 Å². The van der Waals surface area contributed by atoms with Crippen LogP contribution in [-0.2, 0) is 16.1 Å². The second kappa shape index (κ2) is 12.9. The van der Waals surface area contributed by atoms with Gasteiger partial charge in [-0.15, -0.1) is 0 Å². The first-order valence-corrected chi connectivity index (χ1v) is 11.7. The van der Waals surface area contributed by atoms with E-state index in [-0.39, 0.29) is 17.9 Å². The van der Waals surface area contributed by atoms with Gasteiger partial charge in [0, 0.05) is 19.0 Å². The Morgan fingerprint density at radius 2 is 1.72 bits per heavy atom. The van der Waals surface area contributed by atoms with E-state index < -0.39 is 6.04 Å². The summed E-state index contributed by atoms with van der Waals surface area (Å²) in [6, 6.07) is 15.6. The van der Waals surface area contributed by atoms with Gasteiger partial charge in [0.25, 0.3) is 0 Å². The predicted molar refractivity (Wildman–Crippen MR) is 130 cm³/mol. The molecule has 2 amide bonds. The lowest BCUT2D eigenvalue weighted by Gasteiger charge is -2.31. The number of benzene rings is 2. The van der Waals surface area contributed by atoms with E-state index >= 15 is 0 Å². The largest absolute Gasteiger partial charge is 0.494 e. The van der Waals surface area contributed by atoms with Gasteiger partial charge in [-0.25, -0.2) is 0 Å². The fourth-order valence-electron chi connectivity index (χ4n) is 3.56. The molecular formula is C27H38N2O3. The number of amides is 2. The van der Waals surface area contributed by atoms with Crippen molar-refractivity contribution >= 4 is 11.8 Å². The lowest BCUT2D eigenvalue weighted by molar-refractivity contribution is -0.141. The minimum absolute atomic E-state index is 0.0230. The van der Waals surface area contributed by atoms with Crippen molar-refractivity contribution < 1.29 is 14.3 Å². The highest BCUT2D eigenvalue weighted by Gasteiger charge is 2.28. The summed E-state index contributed by atoms with van der Waals surface area (Å²) in [7, 11) is 0. The number of hydrogen-bond acceptors (Lipinski definition) is 3. The van der Waals surface area contributed by atoms with Gasteiger partial charge in [-0.1, -0.05) is 61.4 Å². The molecule has 0 aliphatic rings. The Kier molecular flexibility index (Phi) is 10.3. The average Bonchev–Trinajstić information content (AvgIpc) is 2.77. The first kappa shape index (κ1) is 25.4. The van der Waals surface area contributed by atoms with Crippen molar-refractivity contribution in [1.29, 1.82) is 0 Å². The van der Waals surface area contributed by atoms with Crippen LogP contribution in [0.4, 0.5) is 0 Å². The van der Waals surface area contributed by atoms with Crippen LogP contribution in [0.15, 0.2) is 48.5 Å². The van der Waals surface area contributed by atoms with Crippen molar-refractivity contribution in [2.24, 2.45) is 0 Å². The minimum atomic E-state index is -0.491. The SMILES string of the molecule is CC[C@H](C)NC(=O)[C@H](CC)N(Cc1cccc(C)c1)C(=O)CCCOc1ccc(C)cc1. The molecule has 0 aromatic heterocycles. The molecule has 0 aliphatic carbocycles. The van der Waals surface area contributed by atoms with Crippen LogP contribution in [0, 0.1) is 13.8 Å². The van der Waals surface area contributed by atoms with E-state index in [0.29, 0.717) is 32.4 Å². The molecule has 0 fully saturated rings. The number of carbonyl (C=O) groups is 2. The van der Waals surface area contributed by atoms with E-state index in [1.807, 2.05) is 77.1 Å². The third-order valence-corrected chi connectivity index (χ3v) is 5.65. The van der Waals surface area contributed by atoms with Crippen molar-refractivity contribution in [3.63, 3.8) is 0 Å². The molecule has 2 aromatic carbocycles. The van der Waals surface area contributed by atoms with Crippen molar-refractivity contribution in [3.05, 3.63) is 65.2 Å². The highest BCUT2D eigenvalue weighted by atomic mass is 16.5. The molecule has 32 heavy (non-hydrogen) atoms. The Labute approximate surface area is 193 Å². The van der Waals surface area contributed by atoms with Gasteiger partial charge in [0.15, 0.2) is 0 Å². The van der Waals surface area contributed by atoms with E-state index in [1.54, 1.807) is 4.90 Å². The quantitative estimate of drug-likeness (QED) is 0.464. The number of rotatable bonds is 12. The van der Waals surface area contributed by atoms with Crippen molar-refractivity contribution in [2.75, 3.05) is 6.61 Å². The Balaban J connectivity index is 2.06. The molecule has 2 rings (SSSR count). The molecule has 5 heteroatoms. The van der Waals surface area contributed by atoms with E-state index in [1.165, 1.54) is 5.56 Å². The summed E-state index contributed by atoms with van der Waals surface area (Å²) >= 11 is 0. The van der Waals surface area contributed by atoms with Crippen LogP contribution in [0.1, 0.15) is 63.1 Å². The first-order valence-electron chi connectivity index (χ1n) is 11.7. The van der Waals surface area contributed by atoms with Gasteiger partial charge in [0.05, 0.1) is 6.61 Å². The molecule has 2 aromatic rings. The van der Waals surface area contributed by atoms with Crippen LogP contribution >= 0.6 is 0 Å². The molecule has 0 saturated carbocycles. The zero-order chi connectivity index (χ0) is 23.5. The van der Waals surface area contributed by atoms with E-state index in [0.717, 1.165) is 23.3 Å². The van der Waals surface area contributed by atoms with E-state index in [4.69, 9.17) is 4.74 Å². The van der Waals surface area contributed by atoms with Crippen LogP contribution in [0.25, 0.3) is 0 Å². The number of hydrogen-bond donors (Lipinski definition) is 1. The minimum Gasteiger partial charge on any atom is -0.494 e. The summed E-state index contributed by atoms with van der Waals surface area (Å²) in [6.45, 7) is 10.9. The highest BCUT2D eigenvalue weighted by molar-refractivity contribution is 5.87. The fourth-order valence-corrected chi connectivity index (χ4v) is 3.56. The van der Waals surface area contributed by atoms with Crippen LogP contribution in [0.5, 0.6) is 5.75 Å². The summed E-state index contributed by atoms with van der Waals surface area (Å²) in [4.78, 5) is 27.9. The zero-order valence-corrected chi connectivity index (χ0v) is 20.2. The third-order valence-electron chi connectivity index (χ3n) is 5.65. The molecule has 0 unspecified atom stereocenters. The van der Waals surface area contributed by atoms with Gasteiger partial charge in [-0.3, -0.25) is 9.59 Å². The molecule has 0 radical (unpaired) electrons. The van der Waals surface area contributed by atoms with Gasteiger partial charge < -0.3 is 15.0 Å². The second-order valence-electron chi connectivity index (χ2n) is 8.52. The van der Waals surface area contributed by atoms with E-state index in [2.05, 4.69) is 11.4 Å². The maximum atomic E-state index is 13.2. The molecule has 5 nitrogen and oxygen atoms in total. The van der Waals surface area contributed by atoms with Crippen LogP contribution < -0.4 is 10.1 Å². The van der Waals surface area contributed by atoms with Gasteiger partial charge in [-0.2, -0.15) is 0 Å². The highest BCUT2D eigenvalue weighted by Crippen LogP contribution is 2.17. The maximum Gasteiger partial charge on any atom is 0.243 e. The first-order chi connectivity index (χ1) is 15.3. The van der Waals surface area contributed by atoms with Gasteiger partial charge in [0.2, 0.25) is 11.8 Å². The normalized spacial score (nSPS) is 12.7. The summed E-state index contributed by atoms with van der Waals surface area (Å²) in [5.41, 5.74) is 3.35. The lowest BCUT2D eigenvalue weighted by atomic mass is 10.1. The molecule has 0 spiro atoms.